The largest absolute Gasteiger partial charge is 0.322 e. The van der Waals surface area contributed by atoms with Crippen molar-refractivity contribution in [3.63, 3.8) is 0 Å². The van der Waals surface area contributed by atoms with Crippen LogP contribution in [-0.4, -0.2) is 42.6 Å². The van der Waals surface area contributed by atoms with Crippen LogP contribution in [0.15, 0.2) is 77.7 Å². The van der Waals surface area contributed by atoms with Crippen LogP contribution in [0.4, 0.5) is 17.1 Å². The summed E-state index contributed by atoms with van der Waals surface area (Å²) in [6.45, 7) is 0.939. The van der Waals surface area contributed by atoms with Gasteiger partial charge in [-0.25, -0.2) is 8.42 Å². The molecule has 2 N–H and O–H groups in total. The first kappa shape index (κ1) is 25.0. The maximum absolute atomic E-state index is 13.0. The van der Waals surface area contributed by atoms with Crippen LogP contribution in [0.3, 0.4) is 0 Å². The van der Waals surface area contributed by atoms with E-state index in [9.17, 15) is 28.1 Å². The zero-order chi connectivity index (χ0) is 25.7. The van der Waals surface area contributed by atoms with Crippen molar-refractivity contribution in [1.29, 1.82) is 0 Å². The molecular weight excluding hydrogens is 484 g/mol. The second kappa shape index (κ2) is 10.7. The van der Waals surface area contributed by atoms with Crippen LogP contribution in [0.2, 0.25) is 0 Å². The average molecular weight is 509 g/mol. The number of non-ortho nitro benzene ring substituents is 1. The summed E-state index contributed by atoms with van der Waals surface area (Å²) in [6.07, 6.45) is 2.63. The van der Waals surface area contributed by atoms with E-state index in [0.717, 1.165) is 19.3 Å². The molecule has 3 aromatic rings. The number of nitro benzene ring substituents is 1. The highest BCUT2D eigenvalue weighted by molar-refractivity contribution is 7.89. The first-order valence-corrected chi connectivity index (χ1v) is 12.8. The predicted molar refractivity (Wildman–Crippen MR) is 134 cm³/mol. The molecule has 1 saturated heterocycles. The number of hydrogen-bond acceptors (Lipinski definition) is 6. The Morgan fingerprint density at radius 3 is 1.97 bits per heavy atom. The number of piperidine rings is 1. The van der Waals surface area contributed by atoms with Crippen LogP contribution in [0.25, 0.3) is 0 Å². The Kier molecular flexibility index (Phi) is 7.41. The number of nitrogens with zero attached hydrogens (tertiary/aromatic N) is 2. The van der Waals surface area contributed by atoms with Crippen molar-refractivity contribution in [1.82, 2.24) is 4.31 Å². The average Bonchev–Trinajstić information content (AvgIpc) is 2.89. The SMILES string of the molecule is O=C(Nc1cccc(NC(=O)c2cccc(S(=O)(=O)N3CCCCC3)c2)c1)c1ccc([N+](=O)[O-])cc1. The zero-order valence-electron chi connectivity index (χ0n) is 19.2. The summed E-state index contributed by atoms with van der Waals surface area (Å²) < 4.78 is 27.4. The monoisotopic (exact) mass is 508 g/mol. The van der Waals surface area contributed by atoms with Crippen molar-refractivity contribution >= 4 is 38.9 Å². The van der Waals surface area contributed by atoms with Gasteiger partial charge in [0.2, 0.25) is 10.0 Å². The molecule has 186 valence electrons. The van der Waals surface area contributed by atoms with Gasteiger partial charge in [0.1, 0.15) is 0 Å². The fourth-order valence-corrected chi connectivity index (χ4v) is 5.43. The third kappa shape index (κ3) is 5.75. The fourth-order valence-electron chi connectivity index (χ4n) is 3.87. The van der Waals surface area contributed by atoms with E-state index in [-0.39, 0.29) is 21.7 Å². The van der Waals surface area contributed by atoms with Gasteiger partial charge >= 0.3 is 0 Å². The molecule has 1 aliphatic rings. The zero-order valence-corrected chi connectivity index (χ0v) is 20.0. The van der Waals surface area contributed by atoms with Gasteiger partial charge in [0, 0.05) is 47.7 Å². The van der Waals surface area contributed by atoms with Gasteiger partial charge in [0.15, 0.2) is 0 Å². The number of nitrogens with one attached hydrogen (secondary N) is 2. The fraction of sp³-hybridized carbons (Fsp3) is 0.200. The minimum atomic E-state index is -3.68. The number of benzene rings is 3. The molecule has 0 radical (unpaired) electrons. The molecule has 0 unspecified atom stereocenters. The Morgan fingerprint density at radius 1 is 0.778 bits per heavy atom. The van der Waals surface area contributed by atoms with Gasteiger partial charge in [-0.05, 0) is 61.4 Å². The van der Waals surface area contributed by atoms with Gasteiger partial charge < -0.3 is 10.6 Å². The Hall–Kier alpha value is -4.09. The van der Waals surface area contributed by atoms with E-state index in [2.05, 4.69) is 10.6 Å². The van der Waals surface area contributed by atoms with E-state index in [0.29, 0.717) is 24.5 Å². The van der Waals surface area contributed by atoms with Gasteiger partial charge in [0.05, 0.1) is 9.82 Å². The lowest BCUT2D eigenvalue weighted by Crippen LogP contribution is -2.35. The molecule has 4 rings (SSSR count). The quantitative estimate of drug-likeness (QED) is 0.361. The van der Waals surface area contributed by atoms with Gasteiger partial charge in [-0.2, -0.15) is 4.31 Å². The summed E-state index contributed by atoms with van der Waals surface area (Å²) in [5.41, 5.74) is 1.10. The van der Waals surface area contributed by atoms with Crippen LogP contribution in [0.1, 0.15) is 40.0 Å². The van der Waals surface area contributed by atoms with E-state index >= 15 is 0 Å². The molecule has 1 fully saturated rings. The van der Waals surface area contributed by atoms with Crippen LogP contribution >= 0.6 is 0 Å². The summed E-state index contributed by atoms with van der Waals surface area (Å²) in [4.78, 5) is 35.6. The van der Waals surface area contributed by atoms with E-state index in [1.807, 2.05) is 0 Å². The summed E-state index contributed by atoms with van der Waals surface area (Å²) in [7, 11) is -3.68. The van der Waals surface area contributed by atoms with E-state index in [1.54, 1.807) is 24.3 Å². The molecule has 0 saturated carbocycles. The van der Waals surface area contributed by atoms with Crippen LogP contribution in [0.5, 0.6) is 0 Å². The van der Waals surface area contributed by atoms with Crippen LogP contribution < -0.4 is 10.6 Å². The highest BCUT2D eigenvalue weighted by Gasteiger charge is 2.26. The molecule has 11 heteroatoms. The molecule has 0 spiro atoms. The molecule has 1 heterocycles. The predicted octanol–water partition coefficient (Wildman–Crippen LogP) is 4.27. The maximum Gasteiger partial charge on any atom is 0.269 e. The smallest absolute Gasteiger partial charge is 0.269 e. The summed E-state index contributed by atoms with van der Waals surface area (Å²) in [5.74, 6) is -0.964. The first-order valence-electron chi connectivity index (χ1n) is 11.3. The third-order valence-electron chi connectivity index (χ3n) is 5.77. The molecular formula is C25H24N4O6S. The van der Waals surface area contributed by atoms with Gasteiger partial charge in [-0.1, -0.05) is 18.6 Å². The first-order chi connectivity index (χ1) is 17.2. The Morgan fingerprint density at radius 2 is 1.36 bits per heavy atom. The van der Waals surface area contributed by atoms with Gasteiger partial charge in [0.25, 0.3) is 17.5 Å². The Bertz CT molecular complexity index is 1400. The number of nitro groups is 1. The lowest BCUT2D eigenvalue weighted by Gasteiger charge is -2.26. The van der Waals surface area contributed by atoms with Crippen molar-refractivity contribution in [2.24, 2.45) is 0 Å². The second-order valence-corrected chi connectivity index (χ2v) is 10.2. The second-order valence-electron chi connectivity index (χ2n) is 8.29. The molecule has 36 heavy (non-hydrogen) atoms. The van der Waals surface area contributed by atoms with Crippen LogP contribution in [0, 0.1) is 10.1 Å². The van der Waals surface area contributed by atoms with Crippen molar-refractivity contribution in [3.8, 4) is 0 Å². The van der Waals surface area contributed by atoms with Crippen molar-refractivity contribution in [2.45, 2.75) is 24.2 Å². The number of carbonyl (C=O) groups excluding carboxylic acids is 2. The third-order valence-corrected chi connectivity index (χ3v) is 7.66. The number of amides is 2. The number of anilines is 2. The lowest BCUT2D eigenvalue weighted by atomic mass is 10.2. The molecule has 0 aromatic heterocycles. The number of sulfonamides is 1. The van der Waals surface area contributed by atoms with E-state index in [1.165, 1.54) is 52.8 Å². The number of hydrogen-bond donors (Lipinski definition) is 2. The van der Waals surface area contributed by atoms with E-state index in [4.69, 9.17) is 0 Å². The number of carbonyl (C=O) groups is 2. The topological polar surface area (TPSA) is 139 Å². The molecule has 0 atom stereocenters. The lowest BCUT2D eigenvalue weighted by molar-refractivity contribution is -0.384. The molecule has 0 aliphatic carbocycles. The molecule has 2 amide bonds. The maximum atomic E-state index is 13.0. The highest BCUT2D eigenvalue weighted by atomic mass is 32.2. The van der Waals surface area contributed by atoms with Crippen molar-refractivity contribution in [2.75, 3.05) is 23.7 Å². The van der Waals surface area contributed by atoms with E-state index < -0.39 is 26.8 Å². The summed E-state index contributed by atoms with van der Waals surface area (Å²) in [6, 6.07) is 17.5. The van der Waals surface area contributed by atoms with Crippen molar-refractivity contribution in [3.05, 3.63) is 94.0 Å². The Balaban J connectivity index is 1.45. The molecule has 3 aromatic carbocycles. The number of rotatable bonds is 7. The summed E-state index contributed by atoms with van der Waals surface area (Å²) >= 11 is 0. The minimum absolute atomic E-state index is 0.0705. The van der Waals surface area contributed by atoms with Crippen molar-refractivity contribution < 1.29 is 22.9 Å². The Labute approximate surface area is 208 Å². The molecule has 10 nitrogen and oxygen atoms in total. The normalized spacial score (nSPS) is 14.1. The molecule has 1 aliphatic heterocycles. The minimum Gasteiger partial charge on any atom is -0.322 e. The standard InChI is InChI=1S/C25H24N4O6S/c30-24(18-10-12-22(13-11-18)29(32)33)26-20-7-5-8-21(17-20)27-25(31)19-6-4-9-23(16-19)36(34,35)28-14-2-1-3-15-28/h4-13,16-17H,1-3,14-15H2,(H,26,30)(H,27,31). The highest BCUT2D eigenvalue weighted by Crippen LogP contribution is 2.23. The van der Waals surface area contributed by atoms with Gasteiger partial charge in [-0.15, -0.1) is 0 Å². The van der Waals surface area contributed by atoms with Crippen LogP contribution in [-0.2, 0) is 10.0 Å². The van der Waals surface area contributed by atoms with Gasteiger partial charge in [-0.3, -0.25) is 19.7 Å². The summed E-state index contributed by atoms with van der Waals surface area (Å²) in [5, 5.41) is 16.2. The molecule has 0 bridgehead atoms.